The number of hydrogen-bond acceptors (Lipinski definition) is 5. The van der Waals surface area contributed by atoms with Crippen molar-refractivity contribution >= 4 is 27.9 Å². The Bertz CT molecular complexity index is 825. The highest BCUT2D eigenvalue weighted by atomic mass is 32.1. The van der Waals surface area contributed by atoms with Crippen molar-refractivity contribution in [3.05, 3.63) is 46.7 Å². The first-order valence-corrected chi connectivity index (χ1v) is 6.67. The van der Waals surface area contributed by atoms with E-state index in [0.29, 0.717) is 27.6 Å². The molecule has 0 fully saturated rings. The molecule has 2 heterocycles. The molecule has 0 radical (unpaired) electrons. The summed E-state index contributed by atoms with van der Waals surface area (Å²) in [7, 11) is 0. The van der Waals surface area contributed by atoms with E-state index in [4.69, 9.17) is 5.26 Å². The number of fused-ring (bicyclic) bond motifs is 1. The third-order valence-corrected chi connectivity index (χ3v) is 3.48. The first-order chi connectivity index (χ1) is 9.69. The molecule has 0 saturated heterocycles. The fourth-order valence-electron chi connectivity index (χ4n) is 1.87. The molecule has 0 aliphatic rings. The van der Waals surface area contributed by atoms with E-state index >= 15 is 0 Å². The number of aromatic nitrogens is 3. The van der Waals surface area contributed by atoms with Gasteiger partial charge in [-0.25, -0.2) is 4.98 Å². The van der Waals surface area contributed by atoms with Gasteiger partial charge in [-0.05, 0) is 31.2 Å². The molecule has 98 valence electrons. The van der Waals surface area contributed by atoms with Gasteiger partial charge >= 0.3 is 0 Å². The fraction of sp³-hybridized carbons (Fsp3) is 0.0769. The van der Waals surface area contributed by atoms with Gasteiger partial charge < -0.3 is 5.32 Å². The van der Waals surface area contributed by atoms with Crippen molar-refractivity contribution in [3.63, 3.8) is 0 Å². The average molecular weight is 283 g/mol. The zero-order valence-corrected chi connectivity index (χ0v) is 11.3. The molecule has 1 N–H and O–H groups in total. The number of benzene rings is 1. The second-order valence-corrected chi connectivity index (χ2v) is 4.93. The third-order valence-electron chi connectivity index (χ3n) is 2.81. The number of nitriles is 1. The molecule has 7 heteroatoms. The van der Waals surface area contributed by atoms with Gasteiger partial charge in [-0.1, -0.05) is 11.3 Å². The lowest BCUT2D eigenvalue weighted by Crippen LogP contribution is -2.15. The van der Waals surface area contributed by atoms with Gasteiger partial charge in [0.1, 0.15) is 5.51 Å². The smallest absolute Gasteiger partial charge is 0.276 e. The Morgan fingerprint density at radius 2 is 2.15 bits per heavy atom. The van der Waals surface area contributed by atoms with Crippen LogP contribution in [0.3, 0.4) is 0 Å². The zero-order valence-electron chi connectivity index (χ0n) is 10.5. The first kappa shape index (κ1) is 12.3. The van der Waals surface area contributed by atoms with Crippen LogP contribution in [0.4, 0.5) is 5.69 Å². The van der Waals surface area contributed by atoms with E-state index in [9.17, 15) is 4.79 Å². The Kier molecular flexibility index (Phi) is 2.93. The highest BCUT2D eigenvalue weighted by molar-refractivity contribution is 7.14. The highest BCUT2D eigenvalue weighted by Gasteiger charge is 2.18. The van der Waals surface area contributed by atoms with Crippen molar-refractivity contribution in [2.24, 2.45) is 0 Å². The minimum atomic E-state index is -0.273. The maximum atomic E-state index is 12.3. The lowest BCUT2D eigenvalue weighted by Gasteiger charge is -2.04. The number of imidazole rings is 1. The van der Waals surface area contributed by atoms with Gasteiger partial charge in [-0.15, -0.1) is 0 Å². The molecule has 20 heavy (non-hydrogen) atoms. The first-order valence-electron chi connectivity index (χ1n) is 5.79. The maximum absolute atomic E-state index is 12.3. The van der Waals surface area contributed by atoms with Crippen LogP contribution in [0.2, 0.25) is 0 Å². The van der Waals surface area contributed by atoms with E-state index in [0.717, 1.165) is 0 Å². The predicted octanol–water partition coefficient (Wildman–Crippen LogP) is 2.22. The second-order valence-electron chi connectivity index (χ2n) is 4.12. The maximum Gasteiger partial charge on any atom is 0.276 e. The van der Waals surface area contributed by atoms with E-state index < -0.39 is 0 Å². The van der Waals surface area contributed by atoms with Crippen LogP contribution >= 0.6 is 11.3 Å². The summed E-state index contributed by atoms with van der Waals surface area (Å²) in [6.07, 6.45) is 0. The van der Waals surface area contributed by atoms with Crippen LogP contribution in [0.15, 0.2) is 29.8 Å². The molecule has 3 aromatic rings. The summed E-state index contributed by atoms with van der Waals surface area (Å²) in [6, 6.07) is 8.70. The van der Waals surface area contributed by atoms with Crippen LogP contribution < -0.4 is 5.32 Å². The Hall–Kier alpha value is -2.72. The molecule has 1 aromatic carbocycles. The van der Waals surface area contributed by atoms with Gasteiger partial charge in [0.15, 0.2) is 5.69 Å². The van der Waals surface area contributed by atoms with Crippen LogP contribution in [0, 0.1) is 18.3 Å². The number of hydrogen-bond donors (Lipinski definition) is 1. The number of carbonyl (C=O) groups excluding carboxylic acids is 1. The normalized spacial score (nSPS) is 10.4. The minimum absolute atomic E-state index is 0.273. The number of anilines is 1. The van der Waals surface area contributed by atoms with Gasteiger partial charge in [0.25, 0.3) is 5.91 Å². The quantitative estimate of drug-likeness (QED) is 0.781. The minimum Gasteiger partial charge on any atom is -0.321 e. The highest BCUT2D eigenvalue weighted by Crippen LogP contribution is 2.17. The molecule has 6 nitrogen and oxygen atoms in total. The van der Waals surface area contributed by atoms with Gasteiger partial charge in [0.2, 0.25) is 4.96 Å². The topological polar surface area (TPSA) is 83.1 Å². The zero-order chi connectivity index (χ0) is 14.1. The van der Waals surface area contributed by atoms with Crippen molar-refractivity contribution in [3.8, 4) is 6.07 Å². The summed E-state index contributed by atoms with van der Waals surface area (Å²) >= 11 is 1.38. The van der Waals surface area contributed by atoms with E-state index in [1.54, 1.807) is 36.7 Å². The number of nitrogens with one attached hydrogen (secondary N) is 1. The molecule has 0 spiro atoms. The lowest BCUT2D eigenvalue weighted by atomic mass is 10.2. The summed E-state index contributed by atoms with van der Waals surface area (Å²) in [4.78, 5) is 17.3. The Labute approximate surface area is 118 Å². The Balaban J connectivity index is 1.90. The molecule has 0 aliphatic carbocycles. The van der Waals surface area contributed by atoms with Gasteiger partial charge in [0, 0.05) is 5.69 Å². The Morgan fingerprint density at radius 3 is 2.85 bits per heavy atom. The van der Waals surface area contributed by atoms with E-state index in [2.05, 4.69) is 15.4 Å². The summed E-state index contributed by atoms with van der Waals surface area (Å²) in [5, 5.41) is 15.6. The monoisotopic (exact) mass is 283 g/mol. The predicted molar refractivity (Wildman–Crippen MR) is 74.7 cm³/mol. The Morgan fingerprint density at radius 1 is 1.40 bits per heavy atom. The number of rotatable bonds is 2. The molecule has 0 saturated carbocycles. The molecular formula is C13H9N5OS. The molecule has 0 unspecified atom stereocenters. The van der Waals surface area contributed by atoms with Crippen molar-refractivity contribution in [2.45, 2.75) is 6.92 Å². The summed E-state index contributed by atoms with van der Waals surface area (Å²) in [6.45, 7) is 1.77. The SMILES string of the molecule is Cc1nc2scnn2c1C(=O)Nc1ccc(C#N)cc1. The van der Waals surface area contributed by atoms with Crippen LogP contribution in [0.1, 0.15) is 21.7 Å². The number of nitrogens with zero attached hydrogens (tertiary/aromatic N) is 4. The van der Waals surface area contributed by atoms with Crippen LogP contribution in [0.5, 0.6) is 0 Å². The van der Waals surface area contributed by atoms with Gasteiger partial charge in [0.05, 0.1) is 17.3 Å². The third kappa shape index (κ3) is 2.02. The number of carbonyl (C=O) groups is 1. The van der Waals surface area contributed by atoms with Crippen molar-refractivity contribution in [2.75, 3.05) is 5.32 Å². The fourth-order valence-corrected chi connectivity index (χ4v) is 2.54. The van der Waals surface area contributed by atoms with Gasteiger partial charge in [-0.3, -0.25) is 4.79 Å². The molecule has 3 rings (SSSR count). The van der Waals surface area contributed by atoms with Gasteiger partial charge in [-0.2, -0.15) is 14.9 Å². The summed E-state index contributed by atoms with van der Waals surface area (Å²) in [5.74, 6) is -0.273. The summed E-state index contributed by atoms with van der Waals surface area (Å²) < 4.78 is 1.53. The van der Waals surface area contributed by atoms with Crippen molar-refractivity contribution < 1.29 is 4.79 Å². The van der Waals surface area contributed by atoms with Crippen LogP contribution in [-0.4, -0.2) is 20.5 Å². The largest absolute Gasteiger partial charge is 0.321 e. The molecule has 0 atom stereocenters. The lowest BCUT2D eigenvalue weighted by molar-refractivity contribution is 0.102. The van der Waals surface area contributed by atoms with E-state index in [1.807, 2.05) is 6.07 Å². The molecule has 1 amide bonds. The van der Waals surface area contributed by atoms with Crippen molar-refractivity contribution in [1.82, 2.24) is 14.6 Å². The molecule has 0 bridgehead atoms. The number of amides is 1. The van der Waals surface area contributed by atoms with E-state index in [-0.39, 0.29) is 5.91 Å². The van der Waals surface area contributed by atoms with Crippen LogP contribution in [0.25, 0.3) is 4.96 Å². The van der Waals surface area contributed by atoms with E-state index in [1.165, 1.54) is 15.9 Å². The molecular weight excluding hydrogens is 274 g/mol. The standard InChI is InChI=1S/C13H9N5OS/c1-8-11(18-13(16-8)20-7-15-18)12(19)17-10-4-2-9(6-14)3-5-10/h2-5,7H,1H3,(H,17,19). The average Bonchev–Trinajstić information content (AvgIpc) is 2.99. The molecule has 0 aliphatic heterocycles. The number of aryl methyl sites for hydroxylation is 1. The van der Waals surface area contributed by atoms with Crippen LogP contribution in [-0.2, 0) is 0 Å². The molecule has 2 aromatic heterocycles. The van der Waals surface area contributed by atoms with Crippen molar-refractivity contribution in [1.29, 1.82) is 5.26 Å². The second kappa shape index (κ2) is 4.75. The summed E-state index contributed by atoms with van der Waals surface area (Å²) in [5.41, 5.74) is 3.87.